The molecule has 1 aliphatic heterocycles. The number of rotatable bonds is 5. The highest BCUT2D eigenvalue weighted by atomic mass is 35.5. The van der Waals surface area contributed by atoms with Gasteiger partial charge < -0.3 is 14.2 Å². The van der Waals surface area contributed by atoms with Gasteiger partial charge in [0.25, 0.3) is 0 Å². The Kier molecular flexibility index (Phi) is 6.21. The summed E-state index contributed by atoms with van der Waals surface area (Å²) in [5, 5.41) is 0.805. The third kappa shape index (κ3) is 4.64. The number of ether oxygens (including phenoxy) is 3. The number of halogens is 2. The molecule has 0 N–H and O–H groups in total. The SMILES string of the molecule is COc1ccc(CC(=O)Oc2cc(C)c3c(c2)O/C(=C\c2ccc(Cl)c(Cl)c2)C3=O)cc1. The molecule has 0 fully saturated rings. The maximum atomic E-state index is 12.8. The van der Waals surface area contributed by atoms with E-state index in [1.165, 1.54) is 0 Å². The van der Waals surface area contributed by atoms with Gasteiger partial charge in [-0.2, -0.15) is 0 Å². The summed E-state index contributed by atoms with van der Waals surface area (Å²) >= 11 is 12.0. The zero-order valence-corrected chi connectivity index (χ0v) is 18.8. The highest BCUT2D eigenvalue weighted by molar-refractivity contribution is 6.42. The molecular formula is C25H18Cl2O5. The van der Waals surface area contributed by atoms with E-state index in [-0.39, 0.29) is 18.0 Å². The average molecular weight is 469 g/mol. The number of ketones is 1. The molecule has 5 nitrogen and oxygen atoms in total. The smallest absolute Gasteiger partial charge is 0.315 e. The van der Waals surface area contributed by atoms with Crippen molar-refractivity contribution in [3.05, 3.63) is 92.7 Å². The summed E-state index contributed by atoms with van der Waals surface area (Å²) in [5.74, 6) is 0.841. The first-order chi connectivity index (χ1) is 15.3. The zero-order valence-electron chi connectivity index (χ0n) is 17.3. The van der Waals surface area contributed by atoms with Crippen LogP contribution in [0.25, 0.3) is 6.08 Å². The molecule has 3 aromatic rings. The van der Waals surface area contributed by atoms with Crippen LogP contribution in [0.5, 0.6) is 17.2 Å². The van der Waals surface area contributed by atoms with Crippen LogP contribution in [-0.4, -0.2) is 18.9 Å². The topological polar surface area (TPSA) is 61.8 Å². The molecule has 0 atom stereocenters. The maximum Gasteiger partial charge on any atom is 0.315 e. The van der Waals surface area contributed by atoms with Gasteiger partial charge >= 0.3 is 5.97 Å². The van der Waals surface area contributed by atoms with Crippen LogP contribution in [0.4, 0.5) is 0 Å². The Balaban J connectivity index is 1.51. The first kappa shape index (κ1) is 21.9. The fourth-order valence-electron chi connectivity index (χ4n) is 3.37. The number of Topliss-reactive ketones (excluding diaryl/α,β-unsaturated/α-hetero) is 1. The molecule has 4 rings (SSSR count). The standard InChI is InChI=1S/C25H18Cl2O5/c1-14-9-18(31-23(28)12-15-3-6-17(30-2)7-4-15)13-21-24(14)25(29)22(32-21)11-16-5-8-19(26)20(27)10-16/h3-11,13H,12H2,1-2H3/b22-11-. The van der Waals surface area contributed by atoms with Crippen LogP contribution >= 0.6 is 23.2 Å². The molecule has 0 aliphatic carbocycles. The Labute approximate surface area is 195 Å². The number of carbonyl (C=O) groups excluding carboxylic acids is 2. The Morgan fingerprint density at radius 1 is 1.00 bits per heavy atom. The molecule has 0 amide bonds. The molecule has 0 saturated carbocycles. The van der Waals surface area contributed by atoms with E-state index in [0.717, 1.165) is 5.56 Å². The van der Waals surface area contributed by atoms with Gasteiger partial charge in [-0.25, -0.2) is 0 Å². The van der Waals surface area contributed by atoms with Crippen molar-refractivity contribution in [1.82, 2.24) is 0 Å². The number of hydrogen-bond donors (Lipinski definition) is 0. The number of aryl methyl sites for hydroxylation is 1. The van der Waals surface area contributed by atoms with Crippen molar-refractivity contribution in [2.24, 2.45) is 0 Å². The van der Waals surface area contributed by atoms with Crippen molar-refractivity contribution in [2.45, 2.75) is 13.3 Å². The van der Waals surface area contributed by atoms with E-state index >= 15 is 0 Å². The van der Waals surface area contributed by atoms with E-state index in [2.05, 4.69) is 0 Å². The maximum absolute atomic E-state index is 12.8. The third-order valence-electron chi connectivity index (χ3n) is 4.92. The van der Waals surface area contributed by atoms with Crippen molar-refractivity contribution in [1.29, 1.82) is 0 Å². The van der Waals surface area contributed by atoms with Crippen LogP contribution < -0.4 is 14.2 Å². The molecule has 0 saturated heterocycles. The van der Waals surface area contributed by atoms with Gasteiger partial charge in [0.2, 0.25) is 5.78 Å². The van der Waals surface area contributed by atoms with E-state index in [1.54, 1.807) is 74.7 Å². The second-order valence-corrected chi connectivity index (χ2v) is 8.04. The highest BCUT2D eigenvalue weighted by Crippen LogP contribution is 2.38. The molecule has 0 radical (unpaired) electrons. The molecule has 32 heavy (non-hydrogen) atoms. The molecular weight excluding hydrogens is 451 g/mol. The Morgan fingerprint density at radius 2 is 1.75 bits per heavy atom. The van der Waals surface area contributed by atoms with Crippen molar-refractivity contribution < 1.29 is 23.8 Å². The summed E-state index contributed by atoms with van der Waals surface area (Å²) in [5.41, 5.74) is 2.56. The minimum atomic E-state index is -0.426. The highest BCUT2D eigenvalue weighted by Gasteiger charge is 2.30. The molecule has 0 spiro atoms. The monoisotopic (exact) mass is 468 g/mol. The number of benzene rings is 3. The molecule has 0 aromatic heterocycles. The third-order valence-corrected chi connectivity index (χ3v) is 5.66. The minimum absolute atomic E-state index is 0.0996. The van der Waals surface area contributed by atoms with Crippen LogP contribution in [0, 0.1) is 6.92 Å². The van der Waals surface area contributed by atoms with Gasteiger partial charge in [-0.1, -0.05) is 41.4 Å². The fourth-order valence-corrected chi connectivity index (χ4v) is 3.67. The van der Waals surface area contributed by atoms with Crippen molar-refractivity contribution in [2.75, 3.05) is 7.11 Å². The van der Waals surface area contributed by atoms with E-state index < -0.39 is 5.97 Å². The predicted molar refractivity (Wildman–Crippen MR) is 123 cm³/mol. The average Bonchev–Trinajstić information content (AvgIpc) is 3.06. The summed E-state index contributed by atoms with van der Waals surface area (Å²) < 4.78 is 16.4. The number of esters is 1. The van der Waals surface area contributed by atoms with E-state index in [4.69, 9.17) is 37.4 Å². The Morgan fingerprint density at radius 3 is 2.44 bits per heavy atom. The molecule has 7 heteroatoms. The molecule has 162 valence electrons. The number of allylic oxidation sites excluding steroid dienone is 1. The van der Waals surface area contributed by atoms with Gasteiger partial charge in [-0.05, 0) is 60.0 Å². The fraction of sp³-hybridized carbons (Fsp3) is 0.120. The second kappa shape index (κ2) is 9.07. The van der Waals surface area contributed by atoms with Gasteiger partial charge in [0.1, 0.15) is 17.2 Å². The lowest BCUT2D eigenvalue weighted by Gasteiger charge is -2.08. The van der Waals surface area contributed by atoms with Gasteiger partial charge in [0.05, 0.1) is 29.1 Å². The van der Waals surface area contributed by atoms with E-state index in [9.17, 15) is 9.59 Å². The van der Waals surface area contributed by atoms with E-state index in [1.807, 2.05) is 0 Å². The van der Waals surface area contributed by atoms with Crippen LogP contribution in [0.15, 0.2) is 60.4 Å². The normalized spacial score (nSPS) is 13.6. The predicted octanol–water partition coefficient (Wildman–Crippen LogP) is 6.07. The summed E-state index contributed by atoms with van der Waals surface area (Å²) in [6, 6.07) is 15.4. The van der Waals surface area contributed by atoms with Crippen molar-refractivity contribution >= 4 is 41.0 Å². The molecule has 1 aliphatic rings. The van der Waals surface area contributed by atoms with Crippen LogP contribution in [-0.2, 0) is 11.2 Å². The van der Waals surface area contributed by atoms with Crippen LogP contribution in [0.3, 0.4) is 0 Å². The van der Waals surface area contributed by atoms with Gasteiger partial charge in [0.15, 0.2) is 5.76 Å². The van der Waals surface area contributed by atoms with Gasteiger partial charge in [-0.3, -0.25) is 9.59 Å². The first-order valence-electron chi connectivity index (χ1n) is 9.71. The van der Waals surface area contributed by atoms with E-state index in [0.29, 0.717) is 44.0 Å². The number of hydrogen-bond acceptors (Lipinski definition) is 5. The minimum Gasteiger partial charge on any atom is -0.497 e. The number of methoxy groups -OCH3 is 1. The van der Waals surface area contributed by atoms with Crippen LogP contribution in [0.1, 0.15) is 27.0 Å². The van der Waals surface area contributed by atoms with Crippen molar-refractivity contribution in [3.8, 4) is 17.2 Å². The summed E-state index contributed by atoms with van der Waals surface area (Å²) in [7, 11) is 1.58. The second-order valence-electron chi connectivity index (χ2n) is 7.23. The zero-order chi connectivity index (χ0) is 22.8. The molecule has 0 unspecified atom stereocenters. The number of carbonyl (C=O) groups is 2. The van der Waals surface area contributed by atoms with Gasteiger partial charge in [-0.15, -0.1) is 0 Å². The Hall–Kier alpha value is -3.28. The lowest BCUT2D eigenvalue weighted by Crippen LogP contribution is -2.11. The summed E-state index contributed by atoms with van der Waals surface area (Å²) in [6.45, 7) is 1.77. The number of fused-ring (bicyclic) bond motifs is 1. The molecule has 3 aromatic carbocycles. The molecule has 0 bridgehead atoms. The first-order valence-corrected chi connectivity index (χ1v) is 10.5. The van der Waals surface area contributed by atoms with Crippen LogP contribution in [0.2, 0.25) is 10.0 Å². The van der Waals surface area contributed by atoms with Gasteiger partial charge in [0, 0.05) is 6.07 Å². The summed E-state index contributed by atoms with van der Waals surface area (Å²) in [4.78, 5) is 25.2. The lowest BCUT2D eigenvalue weighted by molar-refractivity contribution is -0.133. The largest absolute Gasteiger partial charge is 0.497 e. The quantitative estimate of drug-likeness (QED) is 0.258. The van der Waals surface area contributed by atoms with Crippen molar-refractivity contribution in [3.63, 3.8) is 0 Å². The Bertz CT molecular complexity index is 1250. The molecule has 1 heterocycles. The lowest BCUT2D eigenvalue weighted by atomic mass is 10.0. The summed E-state index contributed by atoms with van der Waals surface area (Å²) in [6.07, 6.45) is 1.70.